The molecule has 1 saturated heterocycles. The van der Waals surface area contributed by atoms with Crippen molar-refractivity contribution in [2.45, 2.75) is 34.1 Å². The maximum atomic E-state index is 11.1. The van der Waals surface area contributed by atoms with E-state index in [1.807, 2.05) is 18.7 Å². The van der Waals surface area contributed by atoms with Gasteiger partial charge in [-0.2, -0.15) is 0 Å². The topological polar surface area (TPSA) is 20.3 Å². The molecule has 2 nitrogen and oxygen atoms in total. The number of carbonyl (C=O) groups excluding carboxylic acids is 1. The lowest BCUT2D eigenvalue weighted by atomic mass is 10.2. The minimum absolute atomic E-state index is 0.0168. The average molecular weight is 181 g/mol. The van der Waals surface area contributed by atoms with Crippen molar-refractivity contribution in [3.63, 3.8) is 0 Å². The van der Waals surface area contributed by atoms with Crippen LogP contribution in [0.1, 0.15) is 34.1 Å². The number of hydrogen-bond donors (Lipinski definition) is 0. The van der Waals surface area contributed by atoms with Gasteiger partial charge in [-0.05, 0) is 25.2 Å². The first-order chi connectivity index (χ1) is 6.24. The molecule has 0 aromatic heterocycles. The summed E-state index contributed by atoms with van der Waals surface area (Å²) in [5, 5.41) is 0. The highest BCUT2D eigenvalue weighted by Gasteiger charge is 2.21. The predicted octanol–water partition coefficient (Wildman–Crippen LogP) is 1.90. The molecule has 1 fully saturated rings. The van der Waals surface area contributed by atoms with Crippen LogP contribution in [0.25, 0.3) is 0 Å². The van der Waals surface area contributed by atoms with Gasteiger partial charge in [0.2, 0.25) is 0 Å². The van der Waals surface area contributed by atoms with Crippen LogP contribution in [0.15, 0.2) is 0 Å². The maximum Gasteiger partial charge on any atom is 0.298 e. The van der Waals surface area contributed by atoms with E-state index in [4.69, 9.17) is 0 Å². The fraction of sp³-hybridized carbons (Fsp3) is 0.727. The zero-order valence-corrected chi connectivity index (χ0v) is 9.05. The number of likely N-dealkylation sites (tertiary alicyclic amines) is 1. The van der Waals surface area contributed by atoms with E-state index in [1.165, 1.54) is 0 Å². The molecule has 2 heteroatoms. The van der Waals surface area contributed by atoms with Crippen molar-refractivity contribution in [1.29, 1.82) is 0 Å². The third-order valence-corrected chi connectivity index (χ3v) is 1.94. The van der Waals surface area contributed by atoms with Gasteiger partial charge in [0.1, 0.15) is 0 Å². The molecule has 0 saturated carbocycles. The van der Waals surface area contributed by atoms with Crippen LogP contribution in [0.5, 0.6) is 0 Å². The van der Waals surface area contributed by atoms with Gasteiger partial charge in [0.05, 0.1) is 0 Å². The zero-order valence-electron chi connectivity index (χ0n) is 9.05. The third-order valence-electron chi connectivity index (χ3n) is 1.94. The van der Waals surface area contributed by atoms with Gasteiger partial charge < -0.3 is 4.90 Å². The van der Waals surface area contributed by atoms with Crippen LogP contribution >= 0.6 is 0 Å². The molecule has 0 aromatic carbocycles. The Morgan fingerprint density at radius 3 is 2.46 bits per heavy atom. The third kappa shape index (κ3) is 3.98. The fourth-order valence-electron chi connectivity index (χ4n) is 1.31. The lowest BCUT2D eigenvalue weighted by Gasteiger charge is -2.10. The number of amides is 1. The molecule has 1 heterocycles. The first-order valence-corrected chi connectivity index (χ1v) is 4.95. The summed E-state index contributed by atoms with van der Waals surface area (Å²) in [7, 11) is 0. The second kappa shape index (κ2) is 6.54. The molecule has 1 atom stereocenters. The van der Waals surface area contributed by atoms with Gasteiger partial charge in [-0.15, -0.1) is 0 Å². The Balaban J connectivity index is 0.000000671. The van der Waals surface area contributed by atoms with E-state index in [2.05, 4.69) is 18.8 Å². The van der Waals surface area contributed by atoms with Crippen molar-refractivity contribution in [2.24, 2.45) is 5.92 Å². The summed E-state index contributed by atoms with van der Waals surface area (Å²) in [6, 6.07) is 0. The first-order valence-electron chi connectivity index (χ1n) is 4.95. The van der Waals surface area contributed by atoms with Crippen molar-refractivity contribution < 1.29 is 4.79 Å². The Morgan fingerprint density at radius 1 is 1.46 bits per heavy atom. The molecule has 0 bridgehead atoms. The lowest BCUT2D eigenvalue weighted by Crippen LogP contribution is -2.26. The molecule has 74 valence electrons. The molecule has 1 rings (SSSR count). The summed E-state index contributed by atoms with van der Waals surface area (Å²) in [6.07, 6.45) is 1.12. The van der Waals surface area contributed by atoms with Crippen LogP contribution in [0.3, 0.4) is 0 Å². The van der Waals surface area contributed by atoms with Crippen molar-refractivity contribution >= 4 is 5.91 Å². The minimum atomic E-state index is -0.0168. The quantitative estimate of drug-likeness (QED) is 0.523. The van der Waals surface area contributed by atoms with Crippen molar-refractivity contribution in [3.8, 4) is 11.8 Å². The highest BCUT2D eigenvalue weighted by Crippen LogP contribution is 2.14. The molecule has 1 amide bonds. The molecule has 1 aliphatic heterocycles. The Kier molecular flexibility index (Phi) is 6.05. The second-order valence-electron chi connectivity index (χ2n) is 3.02. The van der Waals surface area contributed by atoms with E-state index in [0.29, 0.717) is 5.92 Å². The van der Waals surface area contributed by atoms with Crippen LogP contribution in [0, 0.1) is 17.8 Å². The lowest BCUT2D eigenvalue weighted by molar-refractivity contribution is -0.124. The SMILES string of the molecule is CC.CC#CC(=O)N1CCC(C)C1. The second-order valence-corrected chi connectivity index (χ2v) is 3.02. The van der Waals surface area contributed by atoms with Gasteiger partial charge in [0, 0.05) is 13.1 Å². The van der Waals surface area contributed by atoms with Crippen LogP contribution in [-0.4, -0.2) is 23.9 Å². The standard InChI is InChI=1S/C9H13NO.C2H6/c1-3-4-9(11)10-6-5-8(2)7-10;1-2/h8H,5-7H2,1-2H3;1-2H3. The Morgan fingerprint density at radius 2 is 2.08 bits per heavy atom. The summed E-state index contributed by atoms with van der Waals surface area (Å²) >= 11 is 0. The number of carbonyl (C=O) groups is 1. The van der Waals surface area contributed by atoms with Crippen LogP contribution in [-0.2, 0) is 4.79 Å². The van der Waals surface area contributed by atoms with Gasteiger partial charge in [0.15, 0.2) is 0 Å². The summed E-state index contributed by atoms with van der Waals surface area (Å²) in [6.45, 7) is 9.62. The highest BCUT2D eigenvalue weighted by molar-refractivity contribution is 5.93. The van der Waals surface area contributed by atoms with E-state index < -0.39 is 0 Å². The Bertz CT molecular complexity index is 212. The largest absolute Gasteiger partial charge is 0.332 e. The molecule has 0 radical (unpaired) electrons. The van der Waals surface area contributed by atoms with E-state index in [1.54, 1.807) is 6.92 Å². The molecular formula is C11H19NO. The van der Waals surface area contributed by atoms with Gasteiger partial charge in [-0.1, -0.05) is 26.7 Å². The number of nitrogens with zero attached hydrogens (tertiary/aromatic N) is 1. The van der Waals surface area contributed by atoms with Crippen LogP contribution < -0.4 is 0 Å². The van der Waals surface area contributed by atoms with E-state index in [-0.39, 0.29) is 5.91 Å². The van der Waals surface area contributed by atoms with Crippen LogP contribution in [0.4, 0.5) is 0 Å². The number of hydrogen-bond acceptors (Lipinski definition) is 1. The first kappa shape index (κ1) is 12.0. The molecule has 13 heavy (non-hydrogen) atoms. The van der Waals surface area contributed by atoms with Gasteiger partial charge >= 0.3 is 0 Å². The number of rotatable bonds is 0. The Hall–Kier alpha value is -0.970. The molecule has 0 aliphatic carbocycles. The van der Waals surface area contributed by atoms with Crippen molar-refractivity contribution in [2.75, 3.05) is 13.1 Å². The Labute approximate surface area is 81.3 Å². The smallest absolute Gasteiger partial charge is 0.298 e. The average Bonchev–Trinajstić information content (AvgIpc) is 2.56. The van der Waals surface area contributed by atoms with Gasteiger partial charge in [-0.25, -0.2) is 0 Å². The summed E-state index contributed by atoms with van der Waals surface area (Å²) in [5.74, 6) is 5.80. The highest BCUT2D eigenvalue weighted by atomic mass is 16.2. The van der Waals surface area contributed by atoms with Crippen molar-refractivity contribution in [3.05, 3.63) is 0 Å². The molecule has 0 aromatic rings. The van der Waals surface area contributed by atoms with Crippen molar-refractivity contribution in [1.82, 2.24) is 4.90 Å². The molecule has 1 unspecified atom stereocenters. The van der Waals surface area contributed by atoms with Gasteiger partial charge in [0.25, 0.3) is 5.91 Å². The van der Waals surface area contributed by atoms with E-state index >= 15 is 0 Å². The maximum absolute atomic E-state index is 11.1. The normalized spacial score (nSPS) is 19.7. The van der Waals surface area contributed by atoms with E-state index in [0.717, 1.165) is 19.5 Å². The molecule has 0 N–H and O–H groups in total. The summed E-state index contributed by atoms with van der Waals surface area (Å²) in [4.78, 5) is 13.0. The monoisotopic (exact) mass is 181 g/mol. The predicted molar refractivity (Wildman–Crippen MR) is 55.2 cm³/mol. The minimum Gasteiger partial charge on any atom is -0.332 e. The van der Waals surface area contributed by atoms with E-state index in [9.17, 15) is 4.79 Å². The zero-order chi connectivity index (χ0) is 10.3. The fourth-order valence-corrected chi connectivity index (χ4v) is 1.31. The summed E-state index contributed by atoms with van der Waals surface area (Å²) < 4.78 is 0. The van der Waals surface area contributed by atoms with Gasteiger partial charge in [-0.3, -0.25) is 4.79 Å². The summed E-state index contributed by atoms with van der Waals surface area (Å²) in [5.41, 5.74) is 0. The molecule has 1 aliphatic rings. The molecular weight excluding hydrogens is 162 g/mol. The van der Waals surface area contributed by atoms with Crippen LogP contribution in [0.2, 0.25) is 0 Å². The molecule has 0 spiro atoms.